The van der Waals surface area contributed by atoms with Gasteiger partial charge in [-0.15, -0.1) is 0 Å². The van der Waals surface area contributed by atoms with E-state index in [2.05, 4.69) is 285 Å². The first-order valence-electron chi connectivity index (χ1n) is 26.9. The second-order valence-corrected chi connectivity index (χ2v) is 21.1. The van der Waals surface area contributed by atoms with E-state index in [9.17, 15) is 0 Å². The fourth-order valence-electron chi connectivity index (χ4n) is 12.5. The van der Waals surface area contributed by atoms with Crippen molar-refractivity contribution in [2.45, 2.75) is 57.3 Å². The quantitative estimate of drug-likeness (QED) is 0.127. The standard InChI is InChI=1S/C73H60N2/c1-73(2)69-37-21-36-67(56-29-14-6-15-30-56)72(69)68-45-44-62(50-70(68)73)75(60-41-38-53(39-42-60)51-22-8-3-9-23-51)64-48-58(71-65(54-25-10-4-11-26-54)34-20-35-66(71)55-27-12-5-13-28-55)47-63(49-64)74(59-32-16-7-17-33-59)61-43-40-52-24-18-19-31-57(52)46-61/h4-7,10-21,24-51H,3,8-9,22-23H2,1-2H3. The van der Waals surface area contributed by atoms with Gasteiger partial charge in [-0.2, -0.15) is 0 Å². The Morgan fingerprint density at radius 1 is 0.307 bits per heavy atom. The minimum absolute atomic E-state index is 0.242. The number of nitrogens with zero attached hydrogens (tertiary/aromatic N) is 2. The van der Waals surface area contributed by atoms with Crippen LogP contribution in [0.4, 0.5) is 34.1 Å². The van der Waals surface area contributed by atoms with Crippen LogP contribution in [0.25, 0.3) is 66.4 Å². The van der Waals surface area contributed by atoms with E-state index in [1.165, 1.54) is 110 Å². The molecule has 0 bridgehead atoms. The van der Waals surface area contributed by atoms with Gasteiger partial charge in [-0.3, -0.25) is 0 Å². The molecule has 2 aliphatic carbocycles. The van der Waals surface area contributed by atoms with Crippen LogP contribution < -0.4 is 9.80 Å². The molecule has 2 nitrogen and oxygen atoms in total. The topological polar surface area (TPSA) is 6.48 Å². The maximum atomic E-state index is 2.53. The summed E-state index contributed by atoms with van der Waals surface area (Å²) >= 11 is 0. The Morgan fingerprint density at radius 2 is 0.787 bits per heavy atom. The van der Waals surface area contributed by atoms with Crippen molar-refractivity contribution < 1.29 is 0 Å². The fraction of sp³-hybridized carbons (Fsp3) is 0.123. The van der Waals surface area contributed by atoms with Crippen LogP contribution in [0.2, 0.25) is 0 Å². The number of rotatable bonds is 11. The monoisotopic (exact) mass is 964 g/mol. The number of anilines is 6. The molecule has 0 amide bonds. The molecule has 1 saturated carbocycles. The minimum atomic E-state index is -0.242. The van der Waals surface area contributed by atoms with E-state index < -0.39 is 0 Å². The molecular formula is C73H60N2. The molecular weight excluding hydrogens is 905 g/mol. The number of fused-ring (bicyclic) bond motifs is 4. The summed E-state index contributed by atoms with van der Waals surface area (Å²) in [6, 6.07) is 97.1. The van der Waals surface area contributed by atoms with Gasteiger partial charge >= 0.3 is 0 Å². The Hall–Kier alpha value is -8.72. The zero-order valence-electron chi connectivity index (χ0n) is 42.8. The molecule has 0 N–H and O–H groups in total. The normalized spacial score (nSPS) is 13.8. The van der Waals surface area contributed by atoms with Crippen molar-refractivity contribution in [3.8, 4) is 55.6 Å². The van der Waals surface area contributed by atoms with Gasteiger partial charge in [0.1, 0.15) is 0 Å². The Balaban J connectivity index is 1.09. The van der Waals surface area contributed by atoms with E-state index in [0.717, 1.165) is 39.7 Å². The second kappa shape index (κ2) is 19.6. The van der Waals surface area contributed by atoms with Gasteiger partial charge in [0.15, 0.2) is 0 Å². The van der Waals surface area contributed by atoms with Crippen LogP contribution in [-0.4, -0.2) is 0 Å². The average molecular weight is 965 g/mol. The highest BCUT2D eigenvalue weighted by Gasteiger charge is 2.38. The van der Waals surface area contributed by atoms with Gasteiger partial charge in [-0.25, -0.2) is 0 Å². The first-order chi connectivity index (χ1) is 37.0. The molecule has 0 saturated heterocycles. The second-order valence-electron chi connectivity index (χ2n) is 21.1. The minimum Gasteiger partial charge on any atom is -0.310 e. The van der Waals surface area contributed by atoms with E-state index >= 15 is 0 Å². The molecule has 0 atom stereocenters. The van der Waals surface area contributed by atoms with Crippen LogP contribution >= 0.6 is 0 Å². The predicted octanol–water partition coefficient (Wildman–Crippen LogP) is 20.8. The summed E-state index contributed by atoms with van der Waals surface area (Å²) in [7, 11) is 0. The van der Waals surface area contributed by atoms with Crippen molar-refractivity contribution in [1.82, 2.24) is 0 Å². The lowest BCUT2D eigenvalue weighted by Gasteiger charge is -2.32. The summed E-state index contributed by atoms with van der Waals surface area (Å²) in [5.74, 6) is 0.599. The molecule has 11 aromatic carbocycles. The third kappa shape index (κ3) is 8.61. The number of para-hydroxylation sites is 1. The molecule has 1 fully saturated rings. The molecule has 11 aromatic rings. The Morgan fingerprint density at radius 3 is 1.39 bits per heavy atom. The fourth-order valence-corrected chi connectivity index (χ4v) is 12.5. The Labute approximate surface area is 442 Å². The molecule has 0 heterocycles. The molecule has 0 spiro atoms. The van der Waals surface area contributed by atoms with Crippen LogP contribution in [0.5, 0.6) is 0 Å². The van der Waals surface area contributed by atoms with Gasteiger partial charge < -0.3 is 9.80 Å². The van der Waals surface area contributed by atoms with E-state index in [-0.39, 0.29) is 5.41 Å². The van der Waals surface area contributed by atoms with Gasteiger partial charge in [0.2, 0.25) is 0 Å². The Kier molecular flexibility index (Phi) is 12.1. The first-order valence-corrected chi connectivity index (χ1v) is 26.9. The van der Waals surface area contributed by atoms with Crippen LogP contribution in [0.3, 0.4) is 0 Å². The van der Waals surface area contributed by atoms with Gasteiger partial charge in [-0.1, -0.05) is 227 Å². The summed E-state index contributed by atoms with van der Waals surface area (Å²) in [5.41, 5.74) is 22.7. The number of benzene rings is 11. The van der Waals surface area contributed by atoms with E-state index in [4.69, 9.17) is 0 Å². The summed E-state index contributed by atoms with van der Waals surface area (Å²) in [5, 5.41) is 2.42. The molecule has 0 aliphatic heterocycles. The lowest BCUT2D eigenvalue weighted by Crippen LogP contribution is -2.17. The van der Waals surface area contributed by atoms with Crippen molar-refractivity contribution in [1.29, 1.82) is 0 Å². The maximum absolute atomic E-state index is 2.53. The van der Waals surface area contributed by atoms with Crippen molar-refractivity contribution in [2.75, 3.05) is 9.80 Å². The summed E-state index contributed by atoms with van der Waals surface area (Å²) in [6.07, 6.45) is 6.46. The smallest absolute Gasteiger partial charge is 0.0488 e. The molecule has 0 aromatic heterocycles. The van der Waals surface area contributed by atoms with Gasteiger partial charge in [0.25, 0.3) is 0 Å². The third-order valence-electron chi connectivity index (χ3n) is 16.2. The Bertz CT molecular complexity index is 3760. The molecule has 0 unspecified atom stereocenters. The predicted molar refractivity (Wildman–Crippen MR) is 318 cm³/mol. The van der Waals surface area contributed by atoms with Crippen molar-refractivity contribution >= 4 is 44.9 Å². The van der Waals surface area contributed by atoms with E-state index in [1.54, 1.807) is 0 Å². The highest BCUT2D eigenvalue weighted by Crippen LogP contribution is 2.55. The zero-order valence-corrected chi connectivity index (χ0v) is 42.8. The van der Waals surface area contributed by atoms with Crippen LogP contribution in [-0.2, 0) is 5.41 Å². The lowest BCUT2D eigenvalue weighted by molar-refractivity contribution is 0.443. The van der Waals surface area contributed by atoms with Crippen LogP contribution in [0.15, 0.2) is 261 Å². The maximum Gasteiger partial charge on any atom is 0.0488 e. The SMILES string of the molecule is CC1(C)c2cc(N(c3ccc(C4CCCCC4)cc3)c3cc(-c4c(-c5ccccc5)cccc4-c4ccccc4)cc(N(c4ccccc4)c4ccc5ccccc5c4)c3)ccc2-c2c(-c3ccccc3)cccc21. The van der Waals surface area contributed by atoms with E-state index in [1.807, 2.05) is 0 Å². The van der Waals surface area contributed by atoms with Crippen molar-refractivity contribution in [3.63, 3.8) is 0 Å². The highest BCUT2D eigenvalue weighted by atomic mass is 15.2. The van der Waals surface area contributed by atoms with Gasteiger partial charge in [-0.05, 0) is 169 Å². The van der Waals surface area contributed by atoms with Crippen molar-refractivity contribution in [2.24, 2.45) is 0 Å². The van der Waals surface area contributed by atoms with Gasteiger partial charge in [0.05, 0.1) is 0 Å². The average Bonchev–Trinajstić information content (AvgIpc) is 3.78. The van der Waals surface area contributed by atoms with E-state index in [0.29, 0.717) is 5.92 Å². The summed E-state index contributed by atoms with van der Waals surface area (Å²) in [6.45, 7) is 4.82. The van der Waals surface area contributed by atoms with Crippen molar-refractivity contribution in [3.05, 3.63) is 278 Å². The lowest BCUT2D eigenvalue weighted by atomic mass is 9.81. The molecule has 13 rings (SSSR count). The van der Waals surface area contributed by atoms with Crippen LogP contribution in [0, 0.1) is 0 Å². The highest BCUT2D eigenvalue weighted by molar-refractivity contribution is 5.99. The largest absolute Gasteiger partial charge is 0.310 e. The number of hydrogen-bond acceptors (Lipinski definition) is 2. The third-order valence-corrected chi connectivity index (χ3v) is 16.2. The first kappa shape index (κ1) is 46.1. The molecule has 2 heteroatoms. The van der Waals surface area contributed by atoms with Crippen LogP contribution in [0.1, 0.15) is 68.6 Å². The summed E-state index contributed by atoms with van der Waals surface area (Å²) in [4.78, 5) is 4.98. The molecule has 2 aliphatic rings. The zero-order chi connectivity index (χ0) is 50.3. The molecule has 0 radical (unpaired) electrons. The molecule has 75 heavy (non-hydrogen) atoms. The summed E-state index contributed by atoms with van der Waals surface area (Å²) < 4.78 is 0. The van der Waals surface area contributed by atoms with Gasteiger partial charge in [0, 0.05) is 39.5 Å². The number of hydrogen-bond donors (Lipinski definition) is 0. The molecule has 362 valence electrons.